The molecule has 0 amide bonds. The van der Waals surface area contributed by atoms with E-state index in [1.54, 1.807) is 12.3 Å². The summed E-state index contributed by atoms with van der Waals surface area (Å²) in [6.07, 6.45) is 1.56. The molecule has 2 aromatic heterocycles. The Labute approximate surface area is 117 Å². The van der Waals surface area contributed by atoms with Gasteiger partial charge in [-0.05, 0) is 6.07 Å². The Morgan fingerprint density at radius 3 is 2.89 bits per heavy atom. The molecule has 98 valence electrons. The largest absolute Gasteiger partial charge is 0.359 e. The van der Waals surface area contributed by atoms with E-state index in [-0.39, 0.29) is 10.9 Å². The van der Waals surface area contributed by atoms with Crippen LogP contribution in [-0.4, -0.2) is 14.7 Å². The van der Waals surface area contributed by atoms with Crippen LogP contribution < -0.4 is 0 Å². The van der Waals surface area contributed by atoms with E-state index >= 15 is 0 Å². The molecule has 3 rings (SSSR count). The van der Waals surface area contributed by atoms with Crippen molar-refractivity contribution in [1.82, 2.24) is 14.7 Å². The van der Waals surface area contributed by atoms with E-state index in [9.17, 15) is 4.39 Å². The highest BCUT2D eigenvalue weighted by molar-refractivity contribution is 6.31. The molecule has 0 N–H and O–H groups in total. The number of hydrogen-bond acceptors (Lipinski definition) is 3. The Bertz CT molecular complexity index is 724. The van der Waals surface area contributed by atoms with Crippen LogP contribution in [0.3, 0.4) is 0 Å². The molecular weight excluding hydrogens is 292 g/mol. The molecule has 0 bridgehead atoms. The fourth-order valence-corrected chi connectivity index (χ4v) is 2.29. The summed E-state index contributed by atoms with van der Waals surface area (Å²) in [5.74, 6) is 0.989. The molecule has 0 saturated carbocycles. The minimum Gasteiger partial charge on any atom is -0.359 e. The smallest absolute Gasteiger partial charge is 0.156 e. The molecule has 0 fully saturated rings. The second-order valence-electron chi connectivity index (χ2n) is 3.98. The number of halogens is 3. The topological polar surface area (TPSA) is 43.9 Å². The van der Waals surface area contributed by atoms with E-state index in [1.165, 1.54) is 12.1 Å². The highest BCUT2D eigenvalue weighted by Gasteiger charge is 2.14. The van der Waals surface area contributed by atoms with Crippen LogP contribution in [0.15, 0.2) is 28.9 Å². The minimum atomic E-state index is -0.500. The number of benzene rings is 1. The summed E-state index contributed by atoms with van der Waals surface area (Å²) in [4.78, 5) is 4.28. The van der Waals surface area contributed by atoms with Crippen molar-refractivity contribution < 1.29 is 8.91 Å². The van der Waals surface area contributed by atoms with Gasteiger partial charge in [-0.1, -0.05) is 16.8 Å². The third-order valence-electron chi connectivity index (χ3n) is 2.79. The molecule has 0 aliphatic heterocycles. The van der Waals surface area contributed by atoms with Gasteiger partial charge in [-0.2, -0.15) is 0 Å². The van der Waals surface area contributed by atoms with Gasteiger partial charge in [-0.15, -0.1) is 11.6 Å². The maximum absolute atomic E-state index is 13.4. The molecule has 4 nitrogen and oxygen atoms in total. The van der Waals surface area contributed by atoms with Crippen molar-refractivity contribution in [3.05, 3.63) is 46.8 Å². The summed E-state index contributed by atoms with van der Waals surface area (Å²) in [7, 11) is 0. The maximum atomic E-state index is 13.4. The summed E-state index contributed by atoms with van der Waals surface area (Å²) < 4.78 is 20.3. The molecule has 0 aliphatic rings. The zero-order chi connectivity index (χ0) is 13.4. The SMILES string of the molecule is Fc1cc2nc(CCl)n(Cc3ccno3)c2cc1Cl. The molecule has 0 saturated heterocycles. The van der Waals surface area contributed by atoms with Crippen LogP contribution in [0.25, 0.3) is 11.0 Å². The van der Waals surface area contributed by atoms with Crippen LogP contribution in [0.1, 0.15) is 11.6 Å². The second-order valence-corrected chi connectivity index (χ2v) is 4.66. The van der Waals surface area contributed by atoms with Gasteiger partial charge in [0.1, 0.15) is 11.6 Å². The fourth-order valence-electron chi connectivity index (χ4n) is 1.93. The van der Waals surface area contributed by atoms with Gasteiger partial charge in [0, 0.05) is 12.1 Å². The van der Waals surface area contributed by atoms with E-state index in [0.29, 0.717) is 29.2 Å². The Kier molecular flexibility index (Phi) is 3.16. The first kappa shape index (κ1) is 12.4. The summed E-state index contributed by atoms with van der Waals surface area (Å²) in [6.45, 7) is 0.417. The summed E-state index contributed by atoms with van der Waals surface area (Å²) >= 11 is 11.7. The molecule has 0 spiro atoms. The molecular formula is C12H8Cl2FN3O. The third kappa shape index (κ3) is 2.19. The van der Waals surface area contributed by atoms with Crippen molar-refractivity contribution in [2.75, 3.05) is 0 Å². The van der Waals surface area contributed by atoms with E-state index in [1.807, 2.05) is 4.57 Å². The van der Waals surface area contributed by atoms with E-state index < -0.39 is 5.82 Å². The predicted octanol–water partition coefficient (Wildman–Crippen LogP) is 3.60. The summed E-state index contributed by atoms with van der Waals surface area (Å²) in [5.41, 5.74) is 1.22. The molecule has 0 unspecified atom stereocenters. The van der Waals surface area contributed by atoms with Gasteiger partial charge >= 0.3 is 0 Å². The van der Waals surface area contributed by atoms with Gasteiger partial charge in [-0.25, -0.2) is 9.37 Å². The van der Waals surface area contributed by atoms with Crippen molar-refractivity contribution >= 4 is 34.2 Å². The standard InChI is InChI=1S/C12H8Cl2FN3O/c13-5-12-17-10-4-9(15)8(14)3-11(10)18(12)6-7-1-2-16-19-7/h1-4H,5-6H2. The van der Waals surface area contributed by atoms with Crippen molar-refractivity contribution in [3.63, 3.8) is 0 Å². The summed E-state index contributed by atoms with van der Waals surface area (Å²) in [5, 5.41) is 3.69. The lowest BCUT2D eigenvalue weighted by Crippen LogP contribution is -2.03. The Morgan fingerprint density at radius 1 is 1.37 bits per heavy atom. The third-order valence-corrected chi connectivity index (χ3v) is 3.32. The minimum absolute atomic E-state index is 0.0485. The van der Waals surface area contributed by atoms with Gasteiger partial charge in [0.15, 0.2) is 5.76 Å². The molecule has 0 radical (unpaired) electrons. The highest BCUT2D eigenvalue weighted by atomic mass is 35.5. The van der Waals surface area contributed by atoms with Gasteiger partial charge < -0.3 is 9.09 Å². The van der Waals surface area contributed by atoms with E-state index in [4.69, 9.17) is 27.7 Å². The highest BCUT2D eigenvalue weighted by Crippen LogP contribution is 2.25. The van der Waals surface area contributed by atoms with Crippen LogP contribution in [0, 0.1) is 5.82 Å². The second kappa shape index (κ2) is 4.83. The molecule has 3 aromatic rings. The van der Waals surface area contributed by atoms with Gasteiger partial charge in [0.05, 0.1) is 34.7 Å². The molecule has 19 heavy (non-hydrogen) atoms. The number of nitrogens with zero attached hydrogens (tertiary/aromatic N) is 3. The molecule has 0 aliphatic carbocycles. The average Bonchev–Trinajstić information content (AvgIpc) is 3.00. The van der Waals surface area contributed by atoms with Crippen LogP contribution in [-0.2, 0) is 12.4 Å². The number of fused-ring (bicyclic) bond motifs is 1. The number of alkyl halides is 1. The Morgan fingerprint density at radius 2 is 2.21 bits per heavy atom. The molecule has 1 aromatic carbocycles. The fraction of sp³-hybridized carbons (Fsp3) is 0.167. The first-order valence-electron chi connectivity index (χ1n) is 5.48. The lowest BCUT2D eigenvalue weighted by molar-refractivity contribution is 0.376. The quantitative estimate of drug-likeness (QED) is 0.694. The lowest BCUT2D eigenvalue weighted by Gasteiger charge is -2.05. The molecule has 2 heterocycles. The van der Waals surface area contributed by atoms with Crippen molar-refractivity contribution in [2.45, 2.75) is 12.4 Å². The normalized spacial score (nSPS) is 11.3. The van der Waals surface area contributed by atoms with Gasteiger partial charge in [0.25, 0.3) is 0 Å². The summed E-state index contributed by atoms with van der Waals surface area (Å²) in [6, 6.07) is 4.57. The van der Waals surface area contributed by atoms with Crippen LogP contribution in [0.2, 0.25) is 5.02 Å². The van der Waals surface area contributed by atoms with Crippen molar-refractivity contribution in [1.29, 1.82) is 0 Å². The van der Waals surface area contributed by atoms with Crippen LogP contribution >= 0.6 is 23.2 Å². The molecule has 7 heteroatoms. The zero-order valence-corrected chi connectivity index (χ0v) is 11.1. The maximum Gasteiger partial charge on any atom is 0.156 e. The Hall–Kier alpha value is -1.59. The van der Waals surface area contributed by atoms with Gasteiger partial charge in [-0.3, -0.25) is 0 Å². The monoisotopic (exact) mass is 299 g/mol. The van der Waals surface area contributed by atoms with Gasteiger partial charge in [0.2, 0.25) is 0 Å². The number of hydrogen-bond donors (Lipinski definition) is 0. The van der Waals surface area contributed by atoms with E-state index in [0.717, 1.165) is 0 Å². The number of imidazole rings is 1. The first-order valence-corrected chi connectivity index (χ1v) is 6.40. The molecule has 0 atom stereocenters. The van der Waals surface area contributed by atoms with Crippen molar-refractivity contribution in [3.8, 4) is 0 Å². The Balaban J connectivity index is 2.17. The lowest BCUT2D eigenvalue weighted by atomic mass is 10.3. The zero-order valence-electron chi connectivity index (χ0n) is 9.61. The van der Waals surface area contributed by atoms with Crippen LogP contribution in [0.5, 0.6) is 0 Å². The van der Waals surface area contributed by atoms with E-state index in [2.05, 4.69) is 10.1 Å². The average molecular weight is 300 g/mol. The van der Waals surface area contributed by atoms with Crippen LogP contribution in [0.4, 0.5) is 4.39 Å². The number of aromatic nitrogens is 3. The first-order chi connectivity index (χ1) is 9.19. The predicted molar refractivity (Wildman–Crippen MR) is 69.9 cm³/mol. The number of rotatable bonds is 3. The van der Waals surface area contributed by atoms with Crippen molar-refractivity contribution in [2.24, 2.45) is 0 Å².